The minimum Gasteiger partial charge on any atom is -0.383 e. The molecule has 2 heterocycles. The topological polar surface area (TPSA) is 49.9 Å². The Morgan fingerprint density at radius 2 is 2.00 bits per heavy atom. The lowest BCUT2D eigenvalue weighted by molar-refractivity contribution is -0.165. The summed E-state index contributed by atoms with van der Waals surface area (Å²) < 4.78 is 5.25. The molecular formula is C15H26N2O3. The predicted molar refractivity (Wildman–Crippen MR) is 76.2 cm³/mol. The van der Waals surface area contributed by atoms with Gasteiger partial charge in [0.05, 0.1) is 12.6 Å². The molecular weight excluding hydrogens is 256 g/mol. The zero-order valence-electron chi connectivity index (χ0n) is 13.0. The minimum atomic E-state index is -0.336. The normalized spacial score (nSPS) is 28.2. The summed E-state index contributed by atoms with van der Waals surface area (Å²) in [6.07, 6.45) is 2.54. The van der Waals surface area contributed by atoms with Crippen LogP contribution in [0.2, 0.25) is 0 Å². The number of methoxy groups -OCH3 is 1. The lowest BCUT2D eigenvalue weighted by Crippen LogP contribution is -2.67. The molecule has 0 saturated carbocycles. The van der Waals surface area contributed by atoms with Gasteiger partial charge in [0.15, 0.2) is 0 Å². The van der Waals surface area contributed by atoms with Gasteiger partial charge in [0.2, 0.25) is 11.8 Å². The van der Waals surface area contributed by atoms with Crippen molar-refractivity contribution < 1.29 is 14.3 Å². The number of carbonyl (C=O) groups is 2. The maximum Gasteiger partial charge on any atom is 0.246 e. The van der Waals surface area contributed by atoms with Crippen molar-refractivity contribution in [1.29, 1.82) is 0 Å². The summed E-state index contributed by atoms with van der Waals surface area (Å²) in [6.45, 7) is 7.29. The Morgan fingerprint density at radius 3 is 2.55 bits per heavy atom. The van der Waals surface area contributed by atoms with Crippen LogP contribution >= 0.6 is 0 Å². The fourth-order valence-electron chi connectivity index (χ4n) is 3.49. The van der Waals surface area contributed by atoms with Crippen LogP contribution in [0.1, 0.15) is 40.0 Å². The van der Waals surface area contributed by atoms with E-state index >= 15 is 0 Å². The Hall–Kier alpha value is -1.10. The van der Waals surface area contributed by atoms with Gasteiger partial charge >= 0.3 is 0 Å². The van der Waals surface area contributed by atoms with Gasteiger partial charge in [-0.3, -0.25) is 9.59 Å². The summed E-state index contributed by atoms with van der Waals surface area (Å²) in [5.41, 5.74) is 0. The first-order valence-corrected chi connectivity index (χ1v) is 7.64. The molecule has 0 N–H and O–H groups in total. The fraction of sp³-hybridized carbons (Fsp3) is 0.867. The van der Waals surface area contributed by atoms with Crippen LogP contribution in [0.5, 0.6) is 0 Å². The molecule has 114 valence electrons. The van der Waals surface area contributed by atoms with Crippen molar-refractivity contribution in [3.63, 3.8) is 0 Å². The van der Waals surface area contributed by atoms with E-state index < -0.39 is 0 Å². The van der Waals surface area contributed by atoms with E-state index in [9.17, 15) is 9.59 Å². The lowest BCUT2D eigenvalue weighted by atomic mass is 9.93. The van der Waals surface area contributed by atoms with Crippen molar-refractivity contribution in [2.24, 2.45) is 5.92 Å². The van der Waals surface area contributed by atoms with Gasteiger partial charge in [0.25, 0.3) is 0 Å². The monoisotopic (exact) mass is 282 g/mol. The van der Waals surface area contributed by atoms with Crippen LogP contribution < -0.4 is 0 Å². The second-order valence-electron chi connectivity index (χ2n) is 6.14. The number of amides is 2. The van der Waals surface area contributed by atoms with Crippen molar-refractivity contribution in [2.45, 2.75) is 58.2 Å². The third kappa shape index (κ3) is 2.43. The van der Waals surface area contributed by atoms with Gasteiger partial charge in [-0.15, -0.1) is 0 Å². The Kier molecular flexibility index (Phi) is 4.68. The quantitative estimate of drug-likeness (QED) is 0.763. The summed E-state index contributed by atoms with van der Waals surface area (Å²) in [4.78, 5) is 29.2. The van der Waals surface area contributed by atoms with Crippen LogP contribution in [0.15, 0.2) is 0 Å². The molecule has 0 aromatic heterocycles. The molecule has 5 heteroatoms. The van der Waals surface area contributed by atoms with Crippen LogP contribution in [-0.2, 0) is 14.3 Å². The molecule has 3 unspecified atom stereocenters. The highest BCUT2D eigenvalue weighted by atomic mass is 16.5. The molecule has 5 nitrogen and oxygen atoms in total. The molecule has 2 amide bonds. The summed E-state index contributed by atoms with van der Waals surface area (Å²) >= 11 is 0. The van der Waals surface area contributed by atoms with Crippen LogP contribution in [0, 0.1) is 5.92 Å². The van der Waals surface area contributed by atoms with Gasteiger partial charge in [-0.25, -0.2) is 0 Å². The fourth-order valence-corrected chi connectivity index (χ4v) is 3.49. The van der Waals surface area contributed by atoms with Gasteiger partial charge in [0.1, 0.15) is 12.1 Å². The van der Waals surface area contributed by atoms with E-state index in [4.69, 9.17) is 4.74 Å². The number of piperazine rings is 1. The number of hydrogen-bond donors (Lipinski definition) is 0. The Morgan fingerprint density at radius 1 is 1.30 bits per heavy atom. The zero-order valence-corrected chi connectivity index (χ0v) is 13.0. The summed E-state index contributed by atoms with van der Waals surface area (Å²) in [5.74, 6) is 0.361. The number of rotatable bonds is 5. The number of fused-ring (bicyclic) bond motifs is 1. The second kappa shape index (κ2) is 6.12. The minimum absolute atomic E-state index is 0.00778. The average molecular weight is 282 g/mol. The van der Waals surface area contributed by atoms with Crippen LogP contribution in [-0.4, -0.2) is 60.0 Å². The molecule has 2 aliphatic heterocycles. The maximum absolute atomic E-state index is 12.8. The number of nitrogens with zero attached hydrogens (tertiary/aromatic N) is 2. The van der Waals surface area contributed by atoms with Gasteiger partial charge in [-0.1, -0.05) is 20.8 Å². The molecule has 0 aromatic rings. The van der Waals surface area contributed by atoms with E-state index in [0.29, 0.717) is 6.61 Å². The second-order valence-corrected chi connectivity index (χ2v) is 6.14. The number of ether oxygens (including phenoxy) is 1. The van der Waals surface area contributed by atoms with Crippen molar-refractivity contribution >= 4 is 11.8 Å². The molecule has 2 aliphatic rings. The maximum atomic E-state index is 12.8. The van der Waals surface area contributed by atoms with Crippen molar-refractivity contribution in [3.8, 4) is 0 Å². The molecule has 2 saturated heterocycles. The van der Waals surface area contributed by atoms with E-state index in [1.54, 1.807) is 12.0 Å². The van der Waals surface area contributed by atoms with Gasteiger partial charge in [0, 0.05) is 13.7 Å². The van der Waals surface area contributed by atoms with Crippen molar-refractivity contribution in [1.82, 2.24) is 9.80 Å². The molecule has 0 bridgehead atoms. The third-order valence-electron chi connectivity index (χ3n) is 4.48. The SMILES string of the molecule is CCC(COC)N1C(=O)C2CCCN2C(=O)C1C(C)C. The molecule has 3 atom stereocenters. The largest absolute Gasteiger partial charge is 0.383 e. The smallest absolute Gasteiger partial charge is 0.246 e. The van der Waals surface area contributed by atoms with E-state index in [0.717, 1.165) is 25.8 Å². The summed E-state index contributed by atoms with van der Waals surface area (Å²) in [7, 11) is 1.64. The first-order chi connectivity index (χ1) is 9.52. The highest BCUT2D eigenvalue weighted by Gasteiger charge is 2.50. The standard InChI is InChI=1S/C15H26N2O3/c1-5-11(9-20-4)17-13(10(2)3)15(19)16-8-6-7-12(16)14(17)18/h10-13H,5-9H2,1-4H3. The first kappa shape index (κ1) is 15.3. The van der Waals surface area contributed by atoms with Crippen LogP contribution in [0.4, 0.5) is 0 Å². The van der Waals surface area contributed by atoms with E-state index in [2.05, 4.69) is 0 Å². The molecule has 0 radical (unpaired) electrons. The highest BCUT2D eigenvalue weighted by molar-refractivity contribution is 5.97. The molecule has 20 heavy (non-hydrogen) atoms. The lowest BCUT2D eigenvalue weighted by Gasteiger charge is -2.47. The predicted octanol–water partition coefficient (Wildman–Crippen LogP) is 1.27. The van der Waals surface area contributed by atoms with Gasteiger partial charge < -0.3 is 14.5 Å². The van der Waals surface area contributed by atoms with Crippen molar-refractivity contribution in [3.05, 3.63) is 0 Å². The zero-order chi connectivity index (χ0) is 14.9. The van der Waals surface area contributed by atoms with Gasteiger partial charge in [-0.05, 0) is 25.2 Å². The first-order valence-electron chi connectivity index (χ1n) is 7.64. The highest BCUT2D eigenvalue weighted by Crippen LogP contribution is 2.31. The Balaban J connectivity index is 2.33. The average Bonchev–Trinajstić information content (AvgIpc) is 2.89. The molecule has 0 spiro atoms. The molecule has 2 rings (SSSR count). The molecule has 0 aromatic carbocycles. The van der Waals surface area contributed by atoms with Gasteiger partial charge in [-0.2, -0.15) is 0 Å². The van der Waals surface area contributed by atoms with E-state index in [1.807, 2.05) is 25.7 Å². The molecule has 0 aliphatic carbocycles. The Bertz CT molecular complexity index is 383. The summed E-state index contributed by atoms with van der Waals surface area (Å²) in [6, 6.07) is -0.577. The molecule has 2 fully saturated rings. The third-order valence-corrected chi connectivity index (χ3v) is 4.48. The summed E-state index contributed by atoms with van der Waals surface area (Å²) in [5, 5.41) is 0. The van der Waals surface area contributed by atoms with Crippen LogP contribution in [0.25, 0.3) is 0 Å². The van der Waals surface area contributed by atoms with Crippen LogP contribution in [0.3, 0.4) is 0 Å². The number of carbonyl (C=O) groups excluding carboxylic acids is 2. The Labute approximate surface area is 121 Å². The van der Waals surface area contributed by atoms with Crippen molar-refractivity contribution in [2.75, 3.05) is 20.3 Å². The van der Waals surface area contributed by atoms with E-state index in [1.165, 1.54) is 0 Å². The number of hydrogen-bond acceptors (Lipinski definition) is 3. The van der Waals surface area contributed by atoms with E-state index in [-0.39, 0.29) is 35.9 Å².